The molecule has 1 atom stereocenters. The molecule has 4 nitrogen and oxygen atoms in total. The number of aliphatic hydroxyl groups is 1. The van der Waals surface area contributed by atoms with Gasteiger partial charge in [-0.3, -0.25) is 0 Å². The summed E-state index contributed by atoms with van der Waals surface area (Å²) in [6.45, 7) is -0.206. The maximum Gasteiger partial charge on any atom is 0.416 e. The zero-order chi connectivity index (χ0) is 12.2. The SMILES string of the molecule is [N-]=[N+]=NCC(O)c1ccc(C(F)(F)F)cc1. The fourth-order valence-corrected chi connectivity index (χ4v) is 1.11. The molecule has 1 unspecified atom stereocenters. The lowest BCUT2D eigenvalue weighted by Crippen LogP contribution is -2.06. The number of rotatable bonds is 3. The van der Waals surface area contributed by atoms with Gasteiger partial charge in [0, 0.05) is 4.91 Å². The lowest BCUT2D eigenvalue weighted by molar-refractivity contribution is -0.137. The van der Waals surface area contributed by atoms with Gasteiger partial charge in [0.05, 0.1) is 18.2 Å². The van der Waals surface area contributed by atoms with Crippen LogP contribution in [0.5, 0.6) is 0 Å². The van der Waals surface area contributed by atoms with Crippen LogP contribution in [0, 0.1) is 0 Å². The molecule has 0 aliphatic heterocycles. The third-order valence-electron chi connectivity index (χ3n) is 1.94. The van der Waals surface area contributed by atoms with Crippen LogP contribution in [0.25, 0.3) is 10.4 Å². The average Bonchev–Trinajstić information content (AvgIpc) is 2.25. The summed E-state index contributed by atoms with van der Waals surface area (Å²) in [7, 11) is 0. The molecule has 0 fully saturated rings. The van der Waals surface area contributed by atoms with Gasteiger partial charge in [-0.05, 0) is 23.2 Å². The monoisotopic (exact) mass is 231 g/mol. The number of hydrogen-bond donors (Lipinski definition) is 1. The highest BCUT2D eigenvalue weighted by Gasteiger charge is 2.30. The first-order valence-electron chi connectivity index (χ1n) is 4.31. The van der Waals surface area contributed by atoms with E-state index >= 15 is 0 Å². The Labute approximate surface area is 89.0 Å². The molecule has 0 amide bonds. The Morgan fingerprint density at radius 3 is 2.31 bits per heavy atom. The molecular weight excluding hydrogens is 223 g/mol. The van der Waals surface area contributed by atoms with Gasteiger partial charge in [-0.25, -0.2) is 0 Å². The van der Waals surface area contributed by atoms with Gasteiger partial charge in [-0.15, -0.1) is 0 Å². The van der Waals surface area contributed by atoms with Crippen molar-refractivity contribution in [2.24, 2.45) is 5.11 Å². The van der Waals surface area contributed by atoms with Crippen molar-refractivity contribution in [3.63, 3.8) is 0 Å². The van der Waals surface area contributed by atoms with E-state index < -0.39 is 17.8 Å². The molecule has 1 N–H and O–H groups in total. The molecule has 0 aliphatic carbocycles. The fourth-order valence-electron chi connectivity index (χ4n) is 1.11. The first-order chi connectivity index (χ1) is 7.45. The molecule has 0 heterocycles. The second-order valence-electron chi connectivity index (χ2n) is 3.05. The predicted molar refractivity (Wildman–Crippen MR) is 50.4 cm³/mol. The average molecular weight is 231 g/mol. The standard InChI is InChI=1S/C9H8F3N3O/c10-9(11,12)7-3-1-6(2-4-7)8(16)5-14-15-13/h1-4,8,16H,5H2. The summed E-state index contributed by atoms with van der Waals surface area (Å²) < 4.78 is 36.6. The second kappa shape index (κ2) is 4.87. The van der Waals surface area contributed by atoms with E-state index in [0.717, 1.165) is 24.3 Å². The Morgan fingerprint density at radius 1 is 1.31 bits per heavy atom. The van der Waals surface area contributed by atoms with Crippen molar-refractivity contribution in [2.75, 3.05) is 6.54 Å². The lowest BCUT2D eigenvalue weighted by atomic mass is 10.1. The summed E-state index contributed by atoms with van der Waals surface area (Å²) in [5.41, 5.74) is 7.50. The van der Waals surface area contributed by atoms with E-state index in [-0.39, 0.29) is 12.1 Å². The molecule has 0 aromatic heterocycles. The second-order valence-corrected chi connectivity index (χ2v) is 3.05. The number of hydrogen-bond acceptors (Lipinski definition) is 2. The first kappa shape index (κ1) is 12.4. The van der Waals surface area contributed by atoms with Gasteiger partial charge in [0.1, 0.15) is 0 Å². The summed E-state index contributed by atoms with van der Waals surface area (Å²) in [6.07, 6.45) is -5.48. The van der Waals surface area contributed by atoms with Crippen molar-refractivity contribution in [3.05, 3.63) is 45.8 Å². The maximum absolute atomic E-state index is 12.2. The zero-order valence-electron chi connectivity index (χ0n) is 8.02. The van der Waals surface area contributed by atoms with Crippen molar-refractivity contribution in [1.82, 2.24) is 0 Å². The smallest absolute Gasteiger partial charge is 0.388 e. The van der Waals surface area contributed by atoms with Crippen LogP contribution in [-0.4, -0.2) is 11.7 Å². The minimum absolute atomic E-state index is 0.206. The number of azide groups is 1. The highest BCUT2D eigenvalue weighted by atomic mass is 19.4. The van der Waals surface area contributed by atoms with Crippen molar-refractivity contribution in [2.45, 2.75) is 12.3 Å². The van der Waals surface area contributed by atoms with Crippen LogP contribution in [0.15, 0.2) is 29.4 Å². The van der Waals surface area contributed by atoms with E-state index in [4.69, 9.17) is 5.53 Å². The van der Waals surface area contributed by atoms with E-state index in [2.05, 4.69) is 10.0 Å². The number of alkyl halides is 3. The van der Waals surface area contributed by atoms with Crippen molar-refractivity contribution in [1.29, 1.82) is 0 Å². The van der Waals surface area contributed by atoms with Gasteiger partial charge in [0.15, 0.2) is 0 Å². The van der Waals surface area contributed by atoms with E-state index in [1.807, 2.05) is 0 Å². The van der Waals surface area contributed by atoms with Crippen LogP contribution in [-0.2, 0) is 6.18 Å². The topological polar surface area (TPSA) is 69.0 Å². The number of nitrogens with zero attached hydrogens (tertiary/aromatic N) is 3. The molecule has 0 radical (unpaired) electrons. The Morgan fingerprint density at radius 2 is 1.88 bits per heavy atom. The van der Waals surface area contributed by atoms with Crippen LogP contribution in [0.1, 0.15) is 17.2 Å². The summed E-state index contributed by atoms with van der Waals surface area (Å²) in [6, 6.07) is 4.05. The van der Waals surface area contributed by atoms with Crippen LogP contribution in [0.4, 0.5) is 13.2 Å². The molecule has 0 aliphatic rings. The largest absolute Gasteiger partial charge is 0.416 e. The van der Waals surface area contributed by atoms with Gasteiger partial charge < -0.3 is 5.11 Å². The van der Waals surface area contributed by atoms with Crippen molar-refractivity contribution >= 4 is 0 Å². The van der Waals surface area contributed by atoms with Gasteiger partial charge in [0.2, 0.25) is 0 Å². The Kier molecular flexibility index (Phi) is 3.76. The maximum atomic E-state index is 12.2. The van der Waals surface area contributed by atoms with E-state index in [1.165, 1.54) is 0 Å². The highest BCUT2D eigenvalue weighted by Crippen LogP contribution is 2.29. The molecule has 0 spiro atoms. The summed E-state index contributed by atoms with van der Waals surface area (Å²) in [5, 5.41) is 12.5. The fraction of sp³-hybridized carbons (Fsp3) is 0.333. The van der Waals surface area contributed by atoms with Crippen LogP contribution < -0.4 is 0 Å². The minimum Gasteiger partial charge on any atom is -0.388 e. The Bertz CT molecular complexity index is 395. The van der Waals surface area contributed by atoms with Crippen molar-refractivity contribution < 1.29 is 18.3 Å². The zero-order valence-corrected chi connectivity index (χ0v) is 8.02. The highest BCUT2D eigenvalue weighted by molar-refractivity contribution is 5.26. The molecule has 0 bridgehead atoms. The predicted octanol–water partition coefficient (Wildman–Crippen LogP) is 3.05. The first-order valence-corrected chi connectivity index (χ1v) is 4.31. The Balaban J connectivity index is 2.82. The Hall–Kier alpha value is -1.72. The molecule has 0 saturated carbocycles. The molecule has 1 rings (SSSR count). The van der Waals surface area contributed by atoms with Crippen LogP contribution >= 0.6 is 0 Å². The van der Waals surface area contributed by atoms with Gasteiger partial charge in [0.25, 0.3) is 0 Å². The normalized spacial score (nSPS) is 13.0. The van der Waals surface area contributed by atoms with Crippen LogP contribution in [0.3, 0.4) is 0 Å². The third-order valence-corrected chi connectivity index (χ3v) is 1.94. The summed E-state index contributed by atoms with van der Waals surface area (Å²) >= 11 is 0. The number of halogens is 3. The van der Waals surface area contributed by atoms with Gasteiger partial charge in [-0.2, -0.15) is 13.2 Å². The minimum atomic E-state index is -4.39. The molecular formula is C9H8F3N3O. The van der Waals surface area contributed by atoms with Crippen LogP contribution in [0.2, 0.25) is 0 Å². The van der Waals surface area contributed by atoms with Gasteiger partial charge >= 0.3 is 6.18 Å². The lowest BCUT2D eigenvalue weighted by Gasteiger charge is -2.10. The molecule has 1 aromatic carbocycles. The van der Waals surface area contributed by atoms with E-state index in [1.54, 1.807) is 0 Å². The molecule has 7 heteroatoms. The van der Waals surface area contributed by atoms with Gasteiger partial charge in [-0.1, -0.05) is 17.2 Å². The van der Waals surface area contributed by atoms with E-state index in [9.17, 15) is 18.3 Å². The molecule has 86 valence electrons. The third kappa shape index (κ3) is 3.15. The molecule has 1 aromatic rings. The molecule has 0 saturated heterocycles. The van der Waals surface area contributed by atoms with E-state index in [0.29, 0.717) is 0 Å². The summed E-state index contributed by atoms with van der Waals surface area (Å²) in [4.78, 5) is 2.44. The molecule has 16 heavy (non-hydrogen) atoms. The summed E-state index contributed by atoms with van der Waals surface area (Å²) in [5.74, 6) is 0. The number of benzene rings is 1. The quantitative estimate of drug-likeness (QED) is 0.484. The number of aliphatic hydroxyl groups excluding tert-OH is 1. The van der Waals surface area contributed by atoms with Crippen molar-refractivity contribution in [3.8, 4) is 0 Å².